The molecule has 0 radical (unpaired) electrons. The van der Waals surface area contributed by atoms with Gasteiger partial charge in [0.1, 0.15) is 11.9 Å². The van der Waals surface area contributed by atoms with Crippen molar-refractivity contribution in [3.05, 3.63) is 59.2 Å². The number of carbonyl (C=O) groups is 2. The van der Waals surface area contributed by atoms with E-state index < -0.39 is 47.3 Å². The SMILES string of the molecule is CC1(C)CN(C(=O)CN2C[C@@](C)(C(C)(C)C)N(C(=O)O)C[C@@H]2CN2CCOCC2C(F)(F)F)c2cc(Cc3ccc(F)cc3)cnc21. The number of hydrogen-bond donors (Lipinski definition) is 1. The second-order valence-electron chi connectivity index (χ2n) is 15.0. The molecule has 2 amide bonds. The van der Waals surface area contributed by atoms with Crippen LogP contribution in [0.15, 0.2) is 36.5 Å². The highest BCUT2D eigenvalue weighted by atomic mass is 19.4. The van der Waals surface area contributed by atoms with E-state index in [0.717, 1.165) is 16.8 Å². The molecule has 2 fully saturated rings. The van der Waals surface area contributed by atoms with E-state index in [2.05, 4.69) is 0 Å². The molecule has 0 spiro atoms. The molecule has 1 aromatic heterocycles. The van der Waals surface area contributed by atoms with Crippen molar-refractivity contribution in [3.8, 4) is 0 Å². The van der Waals surface area contributed by atoms with Crippen LogP contribution in [0.1, 0.15) is 58.4 Å². The number of pyridine rings is 1. The number of carbonyl (C=O) groups excluding carboxylic acids is 1. The summed E-state index contributed by atoms with van der Waals surface area (Å²) in [5.74, 6) is -0.566. The molecule has 9 nitrogen and oxygen atoms in total. The van der Waals surface area contributed by atoms with Crippen molar-refractivity contribution in [2.75, 3.05) is 57.4 Å². The molecule has 4 heterocycles. The Morgan fingerprint density at radius 3 is 2.34 bits per heavy atom. The smallest absolute Gasteiger partial charge is 0.407 e. The summed E-state index contributed by atoms with van der Waals surface area (Å²) in [6, 6.07) is 5.64. The fourth-order valence-corrected chi connectivity index (χ4v) is 7.05. The lowest BCUT2D eigenvalue weighted by molar-refractivity contribution is -0.215. The first-order valence-corrected chi connectivity index (χ1v) is 16.0. The molecule has 1 N–H and O–H groups in total. The van der Waals surface area contributed by atoms with Gasteiger partial charge in [0.05, 0.1) is 36.7 Å². The minimum absolute atomic E-state index is 0.0439. The molecule has 2 saturated heterocycles. The normalized spacial score (nSPS) is 25.6. The Kier molecular flexibility index (Phi) is 9.41. The lowest BCUT2D eigenvalue weighted by atomic mass is 9.71. The van der Waals surface area contributed by atoms with Gasteiger partial charge in [0.2, 0.25) is 5.91 Å². The van der Waals surface area contributed by atoms with Crippen molar-refractivity contribution in [2.24, 2.45) is 5.41 Å². The van der Waals surface area contributed by atoms with E-state index in [-0.39, 0.29) is 51.1 Å². The van der Waals surface area contributed by atoms with Crippen LogP contribution in [0.2, 0.25) is 0 Å². The topological polar surface area (TPSA) is 89.5 Å². The molecule has 3 aliphatic rings. The predicted octanol–water partition coefficient (Wildman–Crippen LogP) is 5.17. The lowest BCUT2D eigenvalue weighted by Crippen LogP contribution is -2.72. The minimum atomic E-state index is -4.52. The molecule has 3 aliphatic heterocycles. The van der Waals surface area contributed by atoms with Crippen LogP contribution in [0.3, 0.4) is 0 Å². The highest BCUT2D eigenvalue weighted by Gasteiger charge is 2.53. The number of ether oxygens (including phenoxy) is 1. The Balaban J connectivity index is 1.45. The van der Waals surface area contributed by atoms with Crippen LogP contribution < -0.4 is 4.90 Å². The highest BCUT2D eigenvalue weighted by Crippen LogP contribution is 2.42. The van der Waals surface area contributed by atoms with Gasteiger partial charge in [0, 0.05) is 50.4 Å². The minimum Gasteiger partial charge on any atom is -0.465 e. The molecule has 13 heteroatoms. The number of aromatic nitrogens is 1. The van der Waals surface area contributed by atoms with Gasteiger partial charge in [-0.2, -0.15) is 13.2 Å². The summed E-state index contributed by atoms with van der Waals surface area (Å²) in [4.78, 5) is 37.8. The van der Waals surface area contributed by atoms with Gasteiger partial charge in [0.15, 0.2) is 0 Å². The fourth-order valence-electron chi connectivity index (χ4n) is 7.05. The van der Waals surface area contributed by atoms with Crippen molar-refractivity contribution >= 4 is 17.7 Å². The van der Waals surface area contributed by atoms with E-state index in [9.17, 15) is 32.3 Å². The van der Waals surface area contributed by atoms with Gasteiger partial charge in [-0.05, 0) is 48.1 Å². The van der Waals surface area contributed by atoms with Gasteiger partial charge < -0.3 is 14.7 Å². The van der Waals surface area contributed by atoms with Gasteiger partial charge in [-0.1, -0.05) is 46.8 Å². The summed E-state index contributed by atoms with van der Waals surface area (Å²) >= 11 is 0. The van der Waals surface area contributed by atoms with Crippen LogP contribution in [-0.4, -0.2) is 113 Å². The summed E-state index contributed by atoms with van der Waals surface area (Å²) in [6.07, 6.45) is -3.41. The van der Waals surface area contributed by atoms with Crippen LogP contribution >= 0.6 is 0 Å². The molecule has 2 aromatic rings. The molecular formula is C34H45F4N5O4. The molecule has 258 valence electrons. The zero-order chi connectivity index (χ0) is 34.5. The number of alkyl halides is 3. The van der Waals surface area contributed by atoms with E-state index in [1.165, 1.54) is 21.9 Å². The molecule has 1 aromatic carbocycles. The third-order valence-electron chi connectivity index (χ3n) is 10.3. The average Bonchev–Trinajstić information content (AvgIpc) is 3.24. The Bertz CT molecular complexity index is 1480. The van der Waals surface area contributed by atoms with Crippen molar-refractivity contribution in [1.29, 1.82) is 0 Å². The number of anilines is 1. The van der Waals surface area contributed by atoms with Crippen molar-refractivity contribution < 1.29 is 37.0 Å². The molecule has 47 heavy (non-hydrogen) atoms. The number of hydrogen-bond acceptors (Lipinski definition) is 6. The second-order valence-corrected chi connectivity index (χ2v) is 15.0. The third-order valence-corrected chi connectivity index (χ3v) is 10.3. The highest BCUT2D eigenvalue weighted by molar-refractivity contribution is 5.97. The quantitative estimate of drug-likeness (QED) is 0.427. The van der Waals surface area contributed by atoms with Crippen molar-refractivity contribution in [2.45, 2.75) is 77.2 Å². The standard InChI is InChI=1S/C34H45F4N5O4/c1-31(2,3)33(6)21-41(25(17-43(33)30(45)46)16-40-11-12-47-19-27(40)34(36,37)38)18-28(44)42-20-32(4,5)29-26(42)14-23(15-39-29)13-22-7-9-24(35)10-8-22/h7-10,14-15,25,27H,11-13,16-21H2,1-6H3,(H,45,46)/t25-,27?,33-/m0/s1. The Morgan fingerprint density at radius 1 is 1.04 bits per heavy atom. The van der Waals surface area contributed by atoms with Crippen LogP contribution in [0.5, 0.6) is 0 Å². The Morgan fingerprint density at radius 2 is 1.72 bits per heavy atom. The number of amides is 2. The molecule has 0 aliphatic carbocycles. The first kappa shape index (κ1) is 35.0. The van der Waals surface area contributed by atoms with E-state index in [1.54, 1.807) is 23.2 Å². The summed E-state index contributed by atoms with van der Waals surface area (Å²) in [5.41, 5.74) is 1.25. The van der Waals surface area contributed by atoms with E-state index in [0.29, 0.717) is 18.7 Å². The maximum Gasteiger partial charge on any atom is 0.407 e. The van der Waals surface area contributed by atoms with Gasteiger partial charge in [0.25, 0.3) is 0 Å². The Hall–Kier alpha value is -3.29. The third kappa shape index (κ3) is 7.12. The zero-order valence-electron chi connectivity index (χ0n) is 27.9. The van der Waals surface area contributed by atoms with Crippen molar-refractivity contribution in [3.63, 3.8) is 0 Å². The van der Waals surface area contributed by atoms with Crippen molar-refractivity contribution in [1.82, 2.24) is 19.7 Å². The number of nitrogens with zero attached hydrogens (tertiary/aromatic N) is 5. The molecule has 1 unspecified atom stereocenters. The van der Waals surface area contributed by atoms with Gasteiger partial charge in [-0.3, -0.25) is 24.5 Å². The summed E-state index contributed by atoms with van der Waals surface area (Å²) in [5, 5.41) is 10.3. The fraction of sp³-hybridized carbons (Fsp3) is 0.618. The molecule has 0 bridgehead atoms. The summed E-state index contributed by atoms with van der Waals surface area (Å²) in [6.45, 7) is 11.6. The van der Waals surface area contributed by atoms with E-state index in [1.807, 2.05) is 52.5 Å². The number of benzene rings is 1. The Labute approximate surface area is 273 Å². The molecule has 3 atom stereocenters. The van der Waals surface area contributed by atoms with Crippen LogP contribution in [-0.2, 0) is 21.4 Å². The first-order chi connectivity index (χ1) is 21.8. The predicted molar refractivity (Wildman–Crippen MR) is 169 cm³/mol. The zero-order valence-corrected chi connectivity index (χ0v) is 27.9. The number of halogens is 4. The first-order valence-electron chi connectivity index (χ1n) is 16.0. The average molecular weight is 664 g/mol. The summed E-state index contributed by atoms with van der Waals surface area (Å²) in [7, 11) is 0. The molecule has 0 saturated carbocycles. The van der Waals surface area contributed by atoms with Gasteiger partial charge in [-0.25, -0.2) is 9.18 Å². The number of piperazine rings is 1. The molecule has 5 rings (SSSR count). The number of fused-ring (bicyclic) bond motifs is 1. The maximum absolute atomic E-state index is 14.3. The number of carboxylic acid groups (broad SMARTS) is 1. The van der Waals surface area contributed by atoms with Gasteiger partial charge >= 0.3 is 12.3 Å². The van der Waals surface area contributed by atoms with Crippen LogP contribution in [0.25, 0.3) is 0 Å². The number of rotatable bonds is 6. The second kappa shape index (κ2) is 12.6. The number of morpholine rings is 1. The molecular weight excluding hydrogens is 618 g/mol. The monoisotopic (exact) mass is 663 g/mol. The largest absolute Gasteiger partial charge is 0.465 e. The van der Waals surface area contributed by atoms with Gasteiger partial charge in [-0.15, -0.1) is 0 Å². The maximum atomic E-state index is 14.3. The lowest BCUT2D eigenvalue weighted by Gasteiger charge is -2.57. The van der Waals surface area contributed by atoms with Crippen LogP contribution in [0, 0.1) is 11.2 Å². The summed E-state index contributed by atoms with van der Waals surface area (Å²) < 4.78 is 60.7. The van der Waals surface area contributed by atoms with E-state index >= 15 is 0 Å². The van der Waals surface area contributed by atoms with Crippen LogP contribution in [0.4, 0.5) is 28.0 Å². The van der Waals surface area contributed by atoms with E-state index in [4.69, 9.17) is 9.72 Å².